The van der Waals surface area contributed by atoms with Crippen LogP contribution in [0.15, 0.2) is 0 Å². The zero-order valence-electron chi connectivity index (χ0n) is 12.4. The van der Waals surface area contributed by atoms with Crippen molar-refractivity contribution in [2.45, 2.75) is 63.2 Å². The summed E-state index contributed by atoms with van der Waals surface area (Å²) in [6, 6.07) is -0.398. The first-order valence-corrected chi connectivity index (χ1v) is 7.37. The van der Waals surface area contributed by atoms with Gasteiger partial charge in [-0.2, -0.15) is 18.4 Å². The second-order valence-corrected chi connectivity index (χ2v) is 5.78. The fourth-order valence-electron chi connectivity index (χ4n) is 3.14. The van der Waals surface area contributed by atoms with Gasteiger partial charge in [0.1, 0.15) is 6.04 Å². The number of hydrogen-bond acceptors (Lipinski definition) is 4. The van der Waals surface area contributed by atoms with E-state index in [2.05, 4.69) is 6.19 Å². The molecule has 0 radical (unpaired) electrons. The molecule has 9 heteroatoms. The first kappa shape index (κ1) is 19.1. The van der Waals surface area contributed by atoms with Crippen molar-refractivity contribution < 1.29 is 33.0 Å². The van der Waals surface area contributed by atoms with Gasteiger partial charge in [-0.1, -0.05) is 25.7 Å². The topological polar surface area (TPSA) is 102 Å². The van der Waals surface area contributed by atoms with Gasteiger partial charge in [0, 0.05) is 6.04 Å². The zero-order valence-corrected chi connectivity index (χ0v) is 12.4. The number of alkyl halides is 3. The number of carboxylic acid groups (broad SMARTS) is 2. The summed E-state index contributed by atoms with van der Waals surface area (Å²) in [5, 5.41) is 25.2. The van der Waals surface area contributed by atoms with E-state index < -0.39 is 24.2 Å². The molecule has 2 rings (SSSR count). The van der Waals surface area contributed by atoms with Crippen LogP contribution in [0, 0.1) is 17.4 Å². The molecule has 0 aromatic rings. The predicted octanol–water partition coefficient (Wildman–Crippen LogP) is 2.60. The van der Waals surface area contributed by atoms with E-state index in [1.807, 2.05) is 0 Å². The fraction of sp³-hybridized carbons (Fsp3) is 0.786. The minimum absolute atomic E-state index is 0.175. The van der Waals surface area contributed by atoms with Gasteiger partial charge in [-0.3, -0.25) is 4.90 Å². The molecule has 1 saturated heterocycles. The average molecular weight is 336 g/mol. The summed E-state index contributed by atoms with van der Waals surface area (Å²) in [4.78, 5) is 21.4. The second-order valence-electron chi connectivity index (χ2n) is 5.78. The number of likely N-dealkylation sites (tertiary alicyclic amines) is 1. The molecular weight excluding hydrogens is 317 g/mol. The molecule has 0 aromatic heterocycles. The van der Waals surface area contributed by atoms with Gasteiger partial charge in [0.25, 0.3) is 0 Å². The van der Waals surface area contributed by atoms with Crippen molar-refractivity contribution >= 4 is 11.9 Å². The first-order chi connectivity index (χ1) is 10.7. The highest BCUT2D eigenvalue weighted by Crippen LogP contribution is 2.34. The molecule has 0 spiro atoms. The lowest BCUT2D eigenvalue weighted by Gasteiger charge is -2.24. The third-order valence-electron chi connectivity index (χ3n) is 4.23. The SMILES string of the molecule is N#CN1C(CC2CCCC2)CCC1C(=O)O.O=C(O)C(F)(F)F. The van der Waals surface area contributed by atoms with E-state index in [9.17, 15) is 18.0 Å². The Balaban J connectivity index is 0.000000322. The van der Waals surface area contributed by atoms with Crippen molar-refractivity contribution in [1.82, 2.24) is 4.90 Å². The van der Waals surface area contributed by atoms with Crippen LogP contribution in [0.2, 0.25) is 0 Å². The lowest BCUT2D eigenvalue weighted by Crippen LogP contribution is -2.37. The molecule has 1 saturated carbocycles. The van der Waals surface area contributed by atoms with Gasteiger partial charge < -0.3 is 10.2 Å². The molecule has 1 heterocycles. The van der Waals surface area contributed by atoms with E-state index >= 15 is 0 Å². The Morgan fingerprint density at radius 1 is 1.13 bits per heavy atom. The van der Waals surface area contributed by atoms with Crippen LogP contribution in [0.4, 0.5) is 13.2 Å². The van der Waals surface area contributed by atoms with Crippen molar-refractivity contribution in [3.8, 4) is 6.19 Å². The van der Waals surface area contributed by atoms with Crippen molar-refractivity contribution in [3.05, 3.63) is 0 Å². The fourth-order valence-corrected chi connectivity index (χ4v) is 3.14. The number of nitrogens with zero attached hydrogens (tertiary/aromatic N) is 2. The molecule has 2 N–H and O–H groups in total. The van der Waals surface area contributed by atoms with Crippen LogP contribution in [0.5, 0.6) is 0 Å². The van der Waals surface area contributed by atoms with E-state index in [1.165, 1.54) is 30.6 Å². The third kappa shape index (κ3) is 5.62. The number of halogens is 3. The maximum absolute atomic E-state index is 11.0. The molecule has 0 amide bonds. The normalized spacial score (nSPS) is 24.7. The Hall–Kier alpha value is -1.98. The molecule has 2 unspecified atom stereocenters. The second kappa shape index (κ2) is 8.04. The number of nitriles is 1. The van der Waals surface area contributed by atoms with Gasteiger partial charge in [-0.05, 0) is 25.2 Å². The molecule has 2 fully saturated rings. The minimum Gasteiger partial charge on any atom is -0.480 e. The summed E-state index contributed by atoms with van der Waals surface area (Å²) in [5.74, 6) is -2.89. The van der Waals surface area contributed by atoms with Crippen molar-refractivity contribution in [2.24, 2.45) is 5.92 Å². The monoisotopic (exact) mass is 336 g/mol. The predicted molar refractivity (Wildman–Crippen MR) is 72.2 cm³/mol. The van der Waals surface area contributed by atoms with Crippen LogP contribution in [-0.2, 0) is 9.59 Å². The molecular formula is C14H19F3N2O4. The Morgan fingerprint density at radius 2 is 1.65 bits per heavy atom. The zero-order chi connectivity index (χ0) is 17.6. The quantitative estimate of drug-likeness (QED) is 0.768. The summed E-state index contributed by atoms with van der Waals surface area (Å²) in [7, 11) is 0. The lowest BCUT2D eigenvalue weighted by atomic mass is 9.97. The summed E-state index contributed by atoms with van der Waals surface area (Å²) in [6.45, 7) is 0. The van der Waals surface area contributed by atoms with Crippen LogP contribution >= 0.6 is 0 Å². The van der Waals surface area contributed by atoms with Crippen LogP contribution in [0.1, 0.15) is 44.9 Å². The number of carboxylic acids is 2. The number of aliphatic carboxylic acids is 2. The number of hydrogen-bond donors (Lipinski definition) is 2. The highest BCUT2D eigenvalue weighted by molar-refractivity contribution is 5.74. The summed E-state index contributed by atoms with van der Waals surface area (Å²) in [5.41, 5.74) is 0. The third-order valence-corrected chi connectivity index (χ3v) is 4.23. The largest absolute Gasteiger partial charge is 0.490 e. The van der Waals surface area contributed by atoms with Crippen LogP contribution < -0.4 is 0 Å². The van der Waals surface area contributed by atoms with E-state index in [4.69, 9.17) is 20.3 Å². The molecule has 1 aliphatic heterocycles. The minimum atomic E-state index is -5.08. The van der Waals surface area contributed by atoms with Crippen LogP contribution in [0.3, 0.4) is 0 Å². The summed E-state index contributed by atoms with van der Waals surface area (Å²) in [6.07, 6.45) is 4.60. The standard InChI is InChI=1S/C12H18N2O2.C2HF3O2/c13-8-14-10(5-6-11(14)12(15)16)7-9-3-1-2-4-9;3-2(4,5)1(6)7/h9-11H,1-7H2,(H,15,16);(H,6,7). The maximum atomic E-state index is 11.0. The lowest BCUT2D eigenvalue weighted by molar-refractivity contribution is -0.192. The molecule has 0 aromatic carbocycles. The Labute approximate surface area is 131 Å². The van der Waals surface area contributed by atoms with Gasteiger partial charge >= 0.3 is 18.1 Å². The van der Waals surface area contributed by atoms with Gasteiger partial charge in [-0.25, -0.2) is 9.59 Å². The molecule has 6 nitrogen and oxygen atoms in total. The van der Waals surface area contributed by atoms with Gasteiger partial charge in [0.2, 0.25) is 0 Å². The van der Waals surface area contributed by atoms with Crippen molar-refractivity contribution in [2.75, 3.05) is 0 Å². The Kier molecular flexibility index (Phi) is 6.66. The Morgan fingerprint density at radius 3 is 2.04 bits per heavy atom. The summed E-state index contributed by atoms with van der Waals surface area (Å²) < 4.78 is 31.7. The molecule has 2 atom stereocenters. The highest BCUT2D eigenvalue weighted by Gasteiger charge is 2.39. The van der Waals surface area contributed by atoms with Crippen molar-refractivity contribution in [1.29, 1.82) is 5.26 Å². The van der Waals surface area contributed by atoms with E-state index in [1.54, 1.807) is 0 Å². The summed E-state index contributed by atoms with van der Waals surface area (Å²) >= 11 is 0. The Bertz CT molecular complexity index is 470. The molecule has 0 bridgehead atoms. The van der Waals surface area contributed by atoms with Crippen LogP contribution in [-0.4, -0.2) is 45.3 Å². The van der Waals surface area contributed by atoms with Crippen LogP contribution in [0.25, 0.3) is 0 Å². The van der Waals surface area contributed by atoms with Crippen molar-refractivity contribution in [3.63, 3.8) is 0 Å². The number of rotatable bonds is 3. The maximum Gasteiger partial charge on any atom is 0.490 e. The highest BCUT2D eigenvalue weighted by atomic mass is 19.4. The van der Waals surface area contributed by atoms with Gasteiger partial charge in [0.05, 0.1) is 0 Å². The molecule has 2 aliphatic rings. The molecule has 130 valence electrons. The van der Waals surface area contributed by atoms with E-state index in [0.717, 1.165) is 12.8 Å². The van der Waals surface area contributed by atoms with Gasteiger partial charge in [0.15, 0.2) is 6.19 Å². The molecule has 1 aliphatic carbocycles. The molecule has 23 heavy (non-hydrogen) atoms. The smallest absolute Gasteiger partial charge is 0.480 e. The first-order valence-electron chi connectivity index (χ1n) is 7.37. The average Bonchev–Trinajstić information content (AvgIpc) is 3.07. The van der Waals surface area contributed by atoms with Gasteiger partial charge in [-0.15, -0.1) is 0 Å². The van der Waals surface area contributed by atoms with E-state index in [-0.39, 0.29) is 6.04 Å². The number of carbonyl (C=O) groups is 2. The van der Waals surface area contributed by atoms with E-state index in [0.29, 0.717) is 12.3 Å².